The quantitative estimate of drug-likeness (QED) is 0.460. The number of hydrogen-bond donors (Lipinski definition) is 0. The Balaban J connectivity index is 1.37. The smallest absolute Gasteiger partial charge is 0.132 e. The van der Waals surface area contributed by atoms with Crippen LogP contribution in [-0.4, -0.2) is 12.3 Å². The van der Waals surface area contributed by atoms with Crippen molar-refractivity contribution >= 4 is 0 Å². The van der Waals surface area contributed by atoms with Gasteiger partial charge in [-0.25, -0.2) is 8.78 Å². The molecule has 3 atom stereocenters. The second-order valence-electron chi connectivity index (χ2n) is 9.37. The Hall–Kier alpha value is -0.580. The molecule has 3 unspecified atom stereocenters. The maximum atomic E-state index is 13.5. The Morgan fingerprint density at radius 1 is 0.692 bits per heavy atom. The molecule has 0 radical (unpaired) electrons. The third-order valence-electron chi connectivity index (χ3n) is 7.48. The van der Waals surface area contributed by atoms with Crippen LogP contribution in [-0.2, 0) is 0 Å². The van der Waals surface area contributed by atoms with E-state index in [1.54, 1.807) is 0 Å². The molecule has 3 aliphatic rings. The normalized spacial score (nSPS) is 41.3. The van der Waals surface area contributed by atoms with Crippen LogP contribution in [0.2, 0.25) is 0 Å². The van der Waals surface area contributed by atoms with Crippen LogP contribution < -0.4 is 0 Å². The molecule has 0 spiro atoms. The molecular formula is C24H38F2. The zero-order valence-corrected chi connectivity index (χ0v) is 16.7. The van der Waals surface area contributed by atoms with Crippen molar-refractivity contribution in [3.63, 3.8) is 0 Å². The molecule has 26 heavy (non-hydrogen) atoms. The van der Waals surface area contributed by atoms with Gasteiger partial charge in [0, 0.05) is 11.8 Å². The van der Waals surface area contributed by atoms with Gasteiger partial charge >= 0.3 is 0 Å². The highest BCUT2D eigenvalue weighted by molar-refractivity contribution is 5.10. The van der Waals surface area contributed by atoms with Gasteiger partial charge in [0.25, 0.3) is 0 Å². The first-order chi connectivity index (χ1) is 12.7. The van der Waals surface area contributed by atoms with Crippen molar-refractivity contribution in [2.45, 2.75) is 109 Å². The largest absolute Gasteiger partial charge is 0.244 e. The van der Waals surface area contributed by atoms with Crippen LogP contribution >= 0.6 is 0 Å². The number of hydrogen-bond acceptors (Lipinski definition) is 0. The minimum absolute atomic E-state index is 0.0909. The van der Waals surface area contributed by atoms with Crippen molar-refractivity contribution in [1.82, 2.24) is 0 Å². The zero-order valence-electron chi connectivity index (χ0n) is 16.7. The first-order valence-electron chi connectivity index (χ1n) is 11.4. The summed E-state index contributed by atoms with van der Waals surface area (Å²) in [5.74, 6) is 10.2. The van der Waals surface area contributed by atoms with E-state index in [1.165, 1.54) is 70.6 Å². The summed E-state index contributed by atoms with van der Waals surface area (Å²) in [6, 6.07) is 0. The van der Waals surface area contributed by atoms with E-state index in [4.69, 9.17) is 0 Å². The molecule has 0 aromatic heterocycles. The maximum absolute atomic E-state index is 13.5. The molecule has 0 amide bonds. The lowest BCUT2D eigenvalue weighted by Gasteiger charge is -2.37. The van der Waals surface area contributed by atoms with E-state index in [0.29, 0.717) is 18.8 Å². The summed E-state index contributed by atoms with van der Waals surface area (Å²) in [7, 11) is 0. The van der Waals surface area contributed by atoms with Crippen LogP contribution in [0.3, 0.4) is 0 Å². The molecule has 0 nitrogen and oxygen atoms in total. The molecule has 0 aliphatic heterocycles. The molecule has 3 saturated carbocycles. The second kappa shape index (κ2) is 10.1. The summed E-state index contributed by atoms with van der Waals surface area (Å²) >= 11 is 0. The SMILES string of the molecule is CCCCC1CCC(C2CCC(C#CC3CCC(F)C(F)C3)CC2)CC1. The van der Waals surface area contributed by atoms with E-state index in [0.717, 1.165) is 24.2 Å². The van der Waals surface area contributed by atoms with Crippen LogP contribution in [0.25, 0.3) is 0 Å². The molecular weight excluding hydrogens is 326 g/mol. The average Bonchev–Trinajstić information content (AvgIpc) is 2.68. The summed E-state index contributed by atoms with van der Waals surface area (Å²) in [5, 5.41) is 0. The van der Waals surface area contributed by atoms with Crippen molar-refractivity contribution in [2.24, 2.45) is 29.6 Å². The van der Waals surface area contributed by atoms with Gasteiger partial charge in [0.15, 0.2) is 0 Å². The summed E-state index contributed by atoms with van der Waals surface area (Å²) in [6.07, 6.45) is 14.1. The van der Waals surface area contributed by atoms with Crippen LogP contribution in [0.4, 0.5) is 8.78 Å². The third kappa shape index (κ3) is 5.71. The van der Waals surface area contributed by atoms with Crippen LogP contribution in [0.5, 0.6) is 0 Å². The van der Waals surface area contributed by atoms with E-state index in [-0.39, 0.29) is 5.92 Å². The Bertz CT molecular complexity index is 460. The zero-order chi connectivity index (χ0) is 18.4. The van der Waals surface area contributed by atoms with Crippen molar-refractivity contribution in [1.29, 1.82) is 0 Å². The summed E-state index contributed by atoms with van der Waals surface area (Å²) < 4.78 is 26.7. The van der Waals surface area contributed by atoms with E-state index in [1.807, 2.05) is 0 Å². The van der Waals surface area contributed by atoms with Crippen LogP contribution in [0.15, 0.2) is 0 Å². The molecule has 2 heteroatoms. The second-order valence-corrected chi connectivity index (χ2v) is 9.37. The van der Waals surface area contributed by atoms with Crippen molar-refractivity contribution in [3.8, 4) is 11.8 Å². The summed E-state index contributed by atoms with van der Waals surface area (Å²) in [5.41, 5.74) is 0. The van der Waals surface area contributed by atoms with Gasteiger partial charge in [0.1, 0.15) is 12.3 Å². The number of rotatable bonds is 4. The highest BCUT2D eigenvalue weighted by atomic mass is 19.2. The monoisotopic (exact) mass is 364 g/mol. The Kier molecular flexibility index (Phi) is 7.83. The van der Waals surface area contributed by atoms with E-state index in [9.17, 15) is 8.78 Å². The van der Waals surface area contributed by atoms with Gasteiger partial charge < -0.3 is 0 Å². The average molecular weight is 365 g/mol. The van der Waals surface area contributed by atoms with Gasteiger partial charge in [-0.3, -0.25) is 0 Å². The van der Waals surface area contributed by atoms with Gasteiger partial charge in [-0.15, -0.1) is 0 Å². The maximum Gasteiger partial charge on any atom is 0.132 e. The van der Waals surface area contributed by atoms with Gasteiger partial charge in [0.05, 0.1) is 0 Å². The van der Waals surface area contributed by atoms with Gasteiger partial charge in [-0.05, 0) is 75.5 Å². The minimum Gasteiger partial charge on any atom is -0.244 e. The molecule has 3 fully saturated rings. The Morgan fingerprint density at radius 3 is 1.88 bits per heavy atom. The lowest BCUT2D eigenvalue weighted by molar-refractivity contribution is 0.104. The molecule has 0 aromatic rings. The minimum atomic E-state index is -1.29. The van der Waals surface area contributed by atoms with E-state index in [2.05, 4.69) is 18.8 Å². The molecule has 3 aliphatic carbocycles. The molecule has 0 heterocycles. The Labute approximate surface area is 159 Å². The lowest BCUT2D eigenvalue weighted by atomic mass is 9.68. The van der Waals surface area contributed by atoms with Crippen molar-refractivity contribution < 1.29 is 8.78 Å². The standard InChI is InChI=1S/C24H38F2/c1-2-3-4-18-7-12-21(13-8-18)22-14-9-19(10-15-22)5-6-20-11-16-23(25)24(26)17-20/h18-24H,2-4,7-17H2,1H3. The lowest BCUT2D eigenvalue weighted by Crippen LogP contribution is -2.27. The van der Waals surface area contributed by atoms with Gasteiger partial charge in [-0.2, -0.15) is 0 Å². The Morgan fingerprint density at radius 2 is 1.27 bits per heavy atom. The molecule has 3 rings (SSSR count). The van der Waals surface area contributed by atoms with Crippen molar-refractivity contribution in [2.75, 3.05) is 0 Å². The van der Waals surface area contributed by atoms with Gasteiger partial charge in [-0.1, -0.05) is 50.9 Å². The third-order valence-corrected chi connectivity index (χ3v) is 7.48. The molecule has 0 N–H and O–H groups in total. The molecule has 0 saturated heterocycles. The first-order valence-corrected chi connectivity index (χ1v) is 11.4. The van der Waals surface area contributed by atoms with Gasteiger partial charge in [0.2, 0.25) is 0 Å². The molecule has 0 bridgehead atoms. The topological polar surface area (TPSA) is 0 Å². The summed E-state index contributed by atoms with van der Waals surface area (Å²) in [6.45, 7) is 2.30. The predicted molar refractivity (Wildman–Crippen MR) is 105 cm³/mol. The fourth-order valence-corrected chi connectivity index (χ4v) is 5.62. The van der Waals surface area contributed by atoms with Crippen molar-refractivity contribution in [3.05, 3.63) is 0 Å². The number of alkyl halides is 2. The first kappa shape index (κ1) is 20.2. The van der Waals surface area contributed by atoms with Crippen LogP contribution in [0.1, 0.15) is 96.8 Å². The molecule has 0 aromatic carbocycles. The van der Waals surface area contributed by atoms with E-state index < -0.39 is 12.3 Å². The highest BCUT2D eigenvalue weighted by Crippen LogP contribution is 2.42. The summed E-state index contributed by atoms with van der Waals surface area (Å²) in [4.78, 5) is 0. The molecule has 148 valence electrons. The van der Waals surface area contributed by atoms with Crippen LogP contribution in [0, 0.1) is 41.4 Å². The van der Waals surface area contributed by atoms with E-state index >= 15 is 0 Å². The number of unbranched alkanes of at least 4 members (excludes halogenated alkanes) is 1. The fourth-order valence-electron chi connectivity index (χ4n) is 5.62. The fraction of sp³-hybridized carbons (Fsp3) is 0.917. The predicted octanol–water partition coefficient (Wildman–Crippen LogP) is 7.27. The highest BCUT2D eigenvalue weighted by Gasteiger charge is 2.31. The number of halogens is 2.